The van der Waals surface area contributed by atoms with Crippen LogP contribution in [0.1, 0.15) is 25.7 Å². The molecule has 2 aliphatic rings. The molecule has 1 atom stereocenters. The molecule has 2 saturated heterocycles. The molecule has 0 unspecified atom stereocenters. The summed E-state index contributed by atoms with van der Waals surface area (Å²) in [6.45, 7) is 1.92. The Morgan fingerprint density at radius 2 is 1.89 bits per heavy atom. The molecular weight excluding hydrogens is 384 g/mol. The van der Waals surface area contributed by atoms with E-state index in [2.05, 4.69) is 5.32 Å². The minimum absolute atomic E-state index is 0.0151. The third-order valence-electron chi connectivity index (χ3n) is 5.35. The molecule has 1 aromatic rings. The van der Waals surface area contributed by atoms with Crippen LogP contribution in [0.15, 0.2) is 23.1 Å². The lowest BCUT2D eigenvalue weighted by atomic mass is 9.97. The second kappa shape index (κ2) is 9.11. The number of benzene rings is 1. The van der Waals surface area contributed by atoms with E-state index in [4.69, 9.17) is 14.2 Å². The van der Waals surface area contributed by atoms with Crippen LogP contribution in [0.5, 0.6) is 11.5 Å². The number of hydrogen-bond donors (Lipinski definition) is 1. The summed E-state index contributed by atoms with van der Waals surface area (Å²) in [7, 11) is -0.680. The smallest absolute Gasteiger partial charge is 0.243 e. The first-order chi connectivity index (χ1) is 13.5. The van der Waals surface area contributed by atoms with Crippen molar-refractivity contribution in [2.45, 2.75) is 36.7 Å². The number of nitrogens with zero attached hydrogens (tertiary/aromatic N) is 1. The highest BCUT2D eigenvalue weighted by atomic mass is 32.2. The molecule has 0 bridgehead atoms. The SMILES string of the molecule is COc1ccc(S(=O)(=O)N2CCC(C(=O)NC[C@H]3CCCO3)CC2)cc1OC. The Morgan fingerprint density at radius 1 is 1.18 bits per heavy atom. The van der Waals surface area contributed by atoms with Gasteiger partial charge in [0.05, 0.1) is 25.2 Å². The zero-order valence-corrected chi connectivity index (χ0v) is 17.2. The molecule has 0 radical (unpaired) electrons. The summed E-state index contributed by atoms with van der Waals surface area (Å²) in [5.74, 6) is 0.659. The van der Waals surface area contributed by atoms with Crippen molar-refractivity contribution in [2.24, 2.45) is 5.92 Å². The molecule has 0 aliphatic carbocycles. The number of amides is 1. The van der Waals surface area contributed by atoms with Gasteiger partial charge in [-0.1, -0.05) is 0 Å². The molecule has 2 aliphatic heterocycles. The summed E-state index contributed by atoms with van der Waals surface area (Å²) < 4.78 is 43.2. The van der Waals surface area contributed by atoms with E-state index in [9.17, 15) is 13.2 Å². The fourth-order valence-electron chi connectivity index (χ4n) is 3.65. The largest absolute Gasteiger partial charge is 0.493 e. The Kier molecular flexibility index (Phi) is 6.79. The summed E-state index contributed by atoms with van der Waals surface area (Å²) in [5, 5.41) is 2.94. The highest BCUT2D eigenvalue weighted by Crippen LogP contribution is 2.32. The van der Waals surface area contributed by atoms with E-state index >= 15 is 0 Å². The normalized spacial score (nSPS) is 21.4. The Hall–Kier alpha value is -1.84. The van der Waals surface area contributed by atoms with Crippen molar-refractivity contribution in [1.29, 1.82) is 0 Å². The Morgan fingerprint density at radius 3 is 2.50 bits per heavy atom. The van der Waals surface area contributed by atoms with E-state index in [1.807, 2.05) is 0 Å². The highest BCUT2D eigenvalue weighted by molar-refractivity contribution is 7.89. The first-order valence-electron chi connectivity index (χ1n) is 9.57. The molecule has 156 valence electrons. The number of methoxy groups -OCH3 is 2. The van der Waals surface area contributed by atoms with Crippen molar-refractivity contribution in [3.63, 3.8) is 0 Å². The number of carbonyl (C=O) groups excluding carboxylic acids is 1. The molecule has 9 heteroatoms. The molecule has 1 amide bonds. The fraction of sp³-hybridized carbons (Fsp3) is 0.632. The lowest BCUT2D eigenvalue weighted by Crippen LogP contribution is -2.44. The highest BCUT2D eigenvalue weighted by Gasteiger charge is 2.32. The van der Waals surface area contributed by atoms with E-state index in [0.717, 1.165) is 19.4 Å². The molecule has 3 rings (SSSR count). The van der Waals surface area contributed by atoms with Crippen LogP contribution in [-0.4, -0.2) is 65.2 Å². The zero-order valence-electron chi connectivity index (χ0n) is 16.3. The molecule has 8 nitrogen and oxygen atoms in total. The van der Waals surface area contributed by atoms with Crippen LogP contribution >= 0.6 is 0 Å². The van der Waals surface area contributed by atoms with E-state index in [1.165, 1.54) is 30.7 Å². The lowest BCUT2D eigenvalue weighted by molar-refractivity contribution is -0.126. The van der Waals surface area contributed by atoms with Gasteiger partial charge in [-0.2, -0.15) is 4.31 Å². The van der Waals surface area contributed by atoms with Crippen molar-refractivity contribution < 1.29 is 27.4 Å². The number of rotatable bonds is 7. The van der Waals surface area contributed by atoms with Crippen LogP contribution in [0.2, 0.25) is 0 Å². The summed E-state index contributed by atoms with van der Waals surface area (Å²) in [6, 6.07) is 4.56. The van der Waals surface area contributed by atoms with Crippen LogP contribution in [0.4, 0.5) is 0 Å². The maximum absolute atomic E-state index is 12.9. The standard InChI is InChI=1S/C19H28N2O6S/c1-25-17-6-5-16(12-18(17)26-2)28(23,24)21-9-7-14(8-10-21)19(22)20-13-15-4-3-11-27-15/h5-6,12,14-15H,3-4,7-11,13H2,1-2H3,(H,20,22)/t15-/m1/s1. The van der Waals surface area contributed by atoms with Gasteiger partial charge in [-0.15, -0.1) is 0 Å². The van der Waals surface area contributed by atoms with Gasteiger partial charge in [0.25, 0.3) is 0 Å². The number of hydrogen-bond acceptors (Lipinski definition) is 6. The molecule has 28 heavy (non-hydrogen) atoms. The van der Waals surface area contributed by atoms with Crippen molar-refractivity contribution in [3.8, 4) is 11.5 Å². The Labute approximate surface area is 166 Å². The second-order valence-corrected chi connectivity index (χ2v) is 9.01. The Bertz CT molecular complexity index is 784. The summed E-state index contributed by atoms with van der Waals surface area (Å²) in [4.78, 5) is 12.5. The lowest BCUT2D eigenvalue weighted by Gasteiger charge is -2.30. The predicted molar refractivity (Wildman–Crippen MR) is 103 cm³/mol. The van der Waals surface area contributed by atoms with Gasteiger partial charge in [-0.3, -0.25) is 4.79 Å². The topological polar surface area (TPSA) is 94.2 Å². The van der Waals surface area contributed by atoms with Crippen LogP contribution in [0.3, 0.4) is 0 Å². The first kappa shape index (κ1) is 20.9. The van der Waals surface area contributed by atoms with Crippen LogP contribution in [0, 0.1) is 5.92 Å². The van der Waals surface area contributed by atoms with Gasteiger partial charge >= 0.3 is 0 Å². The molecule has 2 fully saturated rings. The zero-order chi connectivity index (χ0) is 20.1. The van der Waals surface area contributed by atoms with Crippen molar-refractivity contribution in [3.05, 3.63) is 18.2 Å². The maximum Gasteiger partial charge on any atom is 0.243 e. The number of piperidine rings is 1. The molecule has 0 saturated carbocycles. The van der Waals surface area contributed by atoms with Crippen LogP contribution < -0.4 is 14.8 Å². The summed E-state index contributed by atoms with van der Waals surface area (Å²) in [6.07, 6.45) is 3.12. The fourth-order valence-corrected chi connectivity index (χ4v) is 5.13. The third-order valence-corrected chi connectivity index (χ3v) is 7.24. The van der Waals surface area contributed by atoms with Gasteiger partial charge in [0.15, 0.2) is 11.5 Å². The molecule has 0 aromatic heterocycles. The number of sulfonamides is 1. The second-order valence-electron chi connectivity index (χ2n) is 7.08. The summed E-state index contributed by atoms with van der Waals surface area (Å²) >= 11 is 0. The number of carbonyl (C=O) groups is 1. The van der Waals surface area contributed by atoms with E-state index in [-0.39, 0.29) is 22.8 Å². The quantitative estimate of drug-likeness (QED) is 0.728. The van der Waals surface area contributed by atoms with Gasteiger partial charge in [0.1, 0.15) is 0 Å². The van der Waals surface area contributed by atoms with Gasteiger partial charge in [-0.25, -0.2) is 8.42 Å². The van der Waals surface area contributed by atoms with Crippen LogP contribution in [-0.2, 0) is 19.6 Å². The van der Waals surface area contributed by atoms with Crippen molar-refractivity contribution in [2.75, 3.05) is 40.5 Å². The average molecular weight is 413 g/mol. The van der Waals surface area contributed by atoms with E-state index < -0.39 is 10.0 Å². The molecule has 1 N–H and O–H groups in total. The van der Waals surface area contributed by atoms with Crippen molar-refractivity contribution in [1.82, 2.24) is 9.62 Å². The number of ether oxygens (including phenoxy) is 3. The molecule has 0 spiro atoms. The monoisotopic (exact) mass is 412 g/mol. The first-order valence-corrected chi connectivity index (χ1v) is 11.0. The van der Waals surface area contributed by atoms with Crippen LogP contribution in [0.25, 0.3) is 0 Å². The minimum atomic E-state index is -3.65. The molecule has 1 aromatic carbocycles. The third kappa shape index (κ3) is 4.59. The maximum atomic E-state index is 12.9. The van der Waals surface area contributed by atoms with Crippen molar-refractivity contribution >= 4 is 15.9 Å². The van der Waals surface area contributed by atoms with E-state index in [1.54, 1.807) is 6.07 Å². The van der Waals surface area contributed by atoms with Gasteiger partial charge in [-0.05, 0) is 37.8 Å². The molecular formula is C19H28N2O6S. The predicted octanol–water partition coefficient (Wildman–Crippen LogP) is 1.40. The van der Waals surface area contributed by atoms with Gasteiger partial charge in [0.2, 0.25) is 15.9 Å². The molecule has 2 heterocycles. The Balaban J connectivity index is 1.58. The summed E-state index contributed by atoms with van der Waals surface area (Å²) in [5.41, 5.74) is 0. The minimum Gasteiger partial charge on any atom is -0.493 e. The van der Waals surface area contributed by atoms with Gasteiger partial charge in [0, 0.05) is 38.2 Å². The van der Waals surface area contributed by atoms with E-state index in [0.29, 0.717) is 44.0 Å². The van der Waals surface area contributed by atoms with Gasteiger partial charge < -0.3 is 19.5 Å². The number of nitrogens with one attached hydrogen (secondary N) is 1. The average Bonchev–Trinajstić information content (AvgIpc) is 3.25.